The number of nitrogens with zero attached hydrogens (tertiary/aromatic N) is 1. The predicted molar refractivity (Wildman–Crippen MR) is 117 cm³/mol. The van der Waals surface area contributed by atoms with Gasteiger partial charge in [-0.2, -0.15) is 0 Å². The highest BCUT2D eigenvalue weighted by atomic mass is 35.5. The quantitative estimate of drug-likeness (QED) is 0.387. The minimum absolute atomic E-state index is 0.103. The van der Waals surface area contributed by atoms with Gasteiger partial charge in [0.2, 0.25) is 0 Å². The Balaban J connectivity index is 1.60. The first-order valence-corrected chi connectivity index (χ1v) is 10.2. The molecule has 0 aliphatic rings. The van der Waals surface area contributed by atoms with E-state index in [-0.39, 0.29) is 11.7 Å². The molecule has 1 aromatic heterocycles. The average molecular weight is 425 g/mol. The summed E-state index contributed by atoms with van der Waals surface area (Å²) >= 11 is 7.66. The summed E-state index contributed by atoms with van der Waals surface area (Å²) in [6.45, 7) is 2.36. The van der Waals surface area contributed by atoms with Gasteiger partial charge < -0.3 is 15.2 Å². The number of phenolic OH excluding ortho intramolecular Hbond substituents is 1. The number of phenols is 1. The first-order chi connectivity index (χ1) is 14.0. The Bertz CT molecular complexity index is 1170. The minimum Gasteiger partial charge on any atom is -0.507 e. The number of nitrogens with one attached hydrogen (secondary N) is 1. The molecule has 2 N–H and O–H groups in total. The molecule has 0 radical (unpaired) electrons. The summed E-state index contributed by atoms with van der Waals surface area (Å²) in [5.74, 6) is 0.329. The van der Waals surface area contributed by atoms with Crippen molar-refractivity contribution in [3.63, 3.8) is 0 Å². The standard InChI is InChI=1S/C22H17ClN2O3S/c1-2-28-19-10-7-13(11-16(19)23)21(27)24-14-8-9-18(26)15(12-14)22-25-17-5-3-4-6-20(17)29-22/h3-12,26H,2H2,1H3,(H,24,27). The number of amides is 1. The number of benzene rings is 3. The van der Waals surface area contributed by atoms with E-state index in [1.165, 1.54) is 11.3 Å². The smallest absolute Gasteiger partial charge is 0.255 e. The van der Waals surface area contributed by atoms with Crippen LogP contribution in [0.15, 0.2) is 60.7 Å². The molecule has 0 saturated heterocycles. The number of hydrogen-bond acceptors (Lipinski definition) is 5. The van der Waals surface area contributed by atoms with Gasteiger partial charge in [-0.05, 0) is 55.5 Å². The molecule has 4 rings (SSSR count). The highest BCUT2D eigenvalue weighted by molar-refractivity contribution is 7.21. The summed E-state index contributed by atoms with van der Waals surface area (Å²) < 4.78 is 6.42. The van der Waals surface area contributed by atoms with Crippen molar-refractivity contribution in [2.45, 2.75) is 6.92 Å². The maximum absolute atomic E-state index is 12.6. The average Bonchev–Trinajstić information content (AvgIpc) is 3.15. The molecule has 0 saturated carbocycles. The van der Waals surface area contributed by atoms with Gasteiger partial charge in [0.25, 0.3) is 5.91 Å². The van der Waals surface area contributed by atoms with E-state index in [1.54, 1.807) is 36.4 Å². The Morgan fingerprint density at radius 1 is 1.17 bits per heavy atom. The highest BCUT2D eigenvalue weighted by Crippen LogP contribution is 2.37. The van der Waals surface area contributed by atoms with E-state index in [1.807, 2.05) is 31.2 Å². The molecule has 0 fully saturated rings. The van der Waals surface area contributed by atoms with Crippen LogP contribution in [-0.2, 0) is 0 Å². The van der Waals surface area contributed by atoms with Gasteiger partial charge in [-0.15, -0.1) is 11.3 Å². The van der Waals surface area contributed by atoms with E-state index in [9.17, 15) is 9.90 Å². The van der Waals surface area contributed by atoms with Crippen molar-refractivity contribution in [2.24, 2.45) is 0 Å². The first kappa shape index (κ1) is 19.2. The summed E-state index contributed by atoms with van der Waals surface area (Å²) in [5, 5.41) is 14.2. The molecule has 5 nitrogen and oxygen atoms in total. The number of para-hydroxylation sites is 1. The molecular formula is C22H17ClN2O3S. The van der Waals surface area contributed by atoms with Crippen LogP contribution in [0.4, 0.5) is 5.69 Å². The molecule has 0 spiro atoms. The van der Waals surface area contributed by atoms with Crippen LogP contribution in [0.25, 0.3) is 20.8 Å². The second-order valence-electron chi connectivity index (χ2n) is 6.25. The third-order valence-corrected chi connectivity index (χ3v) is 5.64. The van der Waals surface area contributed by atoms with Crippen LogP contribution in [0.2, 0.25) is 5.02 Å². The van der Waals surface area contributed by atoms with Crippen LogP contribution < -0.4 is 10.1 Å². The fraction of sp³-hybridized carbons (Fsp3) is 0.0909. The Labute approximate surface area is 176 Å². The van der Waals surface area contributed by atoms with Crippen LogP contribution in [-0.4, -0.2) is 22.6 Å². The number of halogens is 1. The Morgan fingerprint density at radius 3 is 2.76 bits per heavy atom. The number of aromatic nitrogens is 1. The number of hydrogen-bond donors (Lipinski definition) is 2. The second-order valence-corrected chi connectivity index (χ2v) is 7.69. The van der Waals surface area contributed by atoms with E-state index in [0.29, 0.717) is 39.2 Å². The number of rotatable bonds is 5. The molecule has 3 aromatic carbocycles. The van der Waals surface area contributed by atoms with Gasteiger partial charge in [0.15, 0.2) is 0 Å². The van der Waals surface area contributed by atoms with Crippen molar-refractivity contribution in [1.29, 1.82) is 0 Å². The molecule has 0 atom stereocenters. The zero-order valence-electron chi connectivity index (χ0n) is 15.5. The molecule has 0 aliphatic carbocycles. The topological polar surface area (TPSA) is 71.5 Å². The Morgan fingerprint density at radius 2 is 2.00 bits per heavy atom. The van der Waals surface area contributed by atoms with Gasteiger partial charge in [0.1, 0.15) is 16.5 Å². The summed E-state index contributed by atoms with van der Waals surface area (Å²) in [6.07, 6.45) is 0. The van der Waals surface area contributed by atoms with E-state index in [4.69, 9.17) is 16.3 Å². The normalized spacial score (nSPS) is 10.8. The van der Waals surface area contributed by atoms with Crippen LogP contribution >= 0.6 is 22.9 Å². The maximum Gasteiger partial charge on any atom is 0.255 e. The Hall–Kier alpha value is -3.09. The SMILES string of the molecule is CCOc1ccc(C(=O)Nc2ccc(O)c(-c3nc4ccccc4s3)c2)cc1Cl. The maximum atomic E-state index is 12.6. The number of aromatic hydroxyl groups is 1. The van der Waals surface area contributed by atoms with Crippen molar-refractivity contribution in [2.75, 3.05) is 11.9 Å². The molecular weight excluding hydrogens is 408 g/mol. The first-order valence-electron chi connectivity index (χ1n) is 8.98. The summed E-state index contributed by atoms with van der Waals surface area (Å²) in [4.78, 5) is 17.2. The monoisotopic (exact) mass is 424 g/mol. The molecule has 7 heteroatoms. The zero-order valence-corrected chi connectivity index (χ0v) is 17.1. The Kier molecular flexibility index (Phi) is 5.38. The van der Waals surface area contributed by atoms with Crippen molar-refractivity contribution < 1.29 is 14.6 Å². The second kappa shape index (κ2) is 8.11. The number of carbonyl (C=O) groups is 1. The minimum atomic E-state index is -0.309. The largest absolute Gasteiger partial charge is 0.507 e. The number of thiazole rings is 1. The highest BCUT2D eigenvalue weighted by Gasteiger charge is 2.14. The molecule has 0 aliphatic heterocycles. The predicted octanol–water partition coefficient (Wildman–Crippen LogP) is 5.97. The van der Waals surface area contributed by atoms with Gasteiger partial charge in [0, 0.05) is 11.3 Å². The molecule has 0 bridgehead atoms. The lowest BCUT2D eigenvalue weighted by molar-refractivity contribution is 0.102. The van der Waals surface area contributed by atoms with E-state index in [2.05, 4.69) is 10.3 Å². The van der Waals surface area contributed by atoms with Gasteiger partial charge >= 0.3 is 0 Å². The lowest BCUT2D eigenvalue weighted by atomic mass is 10.1. The van der Waals surface area contributed by atoms with Crippen molar-refractivity contribution in [3.05, 3.63) is 71.2 Å². The molecule has 1 amide bonds. The molecule has 1 heterocycles. The van der Waals surface area contributed by atoms with Crippen molar-refractivity contribution >= 4 is 44.7 Å². The fourth-order valence-corrected chi connectivity index (χ4v) is 4.12. The van der Waals surface area contributed by atoms with Gasteiger partial charge in [-0.3, -0.25) is 4.79 Å². The molecule has 4 aromatic rings. The van der Waals surface area contributed by atoms with Gasteiger partial charge in [-0.25, -0.2) is 4.98 Å². The van der Waals surface area contributed by atoms with E-state index < -0.39 is 0 Å². The number of carbonyl (C=O) groups excluding carboxylic acids is 1. The molecule has 29 heavy (non-hydrogen) atoms. The van der Waals surface area contributed by atoms with Gasteiger partial charge in [0.05, 0.1) is 27.4 Å². The number of anilines is 1. The summed E-state index contributed by atoms with van der Waals surface area (Å²) in [7, 11) is 0. The number of fused-ring (bicyclic) bond motifs is 1. The van der Waals surface area contributed by atoms with Crippen molar-refractivity contribution in [3.8, 4) is 22.1 Å². The third-order valence-electron chi connectivity index (χ3n) is 4.27. The lowest BCUT2D eigenvalue weighted by Gasteiger charge is -2.10. The van der Waals surface area contributed by atoms with Crippen molar-refractivity contribution in [1.82, 2.24) is 4.98 Å². The lowest BCUT2D eigenvalue weighted by Crippen LogP contribution is -2.12. The van der Waals surface area contributed by atoms with Gasteiger partial charge in [-0.1, -0.05) is 23.7 Å². The van der Waals surface area contributed by atoms with Crippen LogP contribution in [0.3, 0.4) is 0 Å². The molecule has 0 unspecified atom stereocenters. The summed E-state index contributed by atoms with van der Waals surface area (Å²) in [6, 6.07) is 17.6. The van der Waals surface area contributed by atoms with Crippen LogP contribution in [0.1, 0.15) is 17.3 Å². The number of ether oxygens (including phenoxy) is 1. The zero-order chi connectivity index (χ0) is 20.4. The fourth-order valence-electron chi connectivity index (χ4n) is 2.89. The molecule has 146 valence electrons. The van der Waals surface area contributed by atoms with E-state index in [0.717, 1.165) is 10.2 Å². The van der Waals surface area contributed by atoms with Crippen LogP contribution in [0.5, 0.6) is 11.5 Å². The third kappa shape index (κ3) is 4.04. The summed E-state index contributed by atoms with van der Waals surface area (Å²) in [5.41, 5.74) is 2.39. The van der Waals surface area contributed by atoms with E-state index >= 15 is 0 Å². The van der Waals surface area contributed by atoms with Crippen LogP contribution in [0, 0.1) is 0 Å².